The van der Waals surface area contributed by atoms with Crippen molar-refractivity contribution in [2.75, 3.05) is 23.0 Å². The second kappa shape index (κ2) is 10.5. The van der Waals surface area contributed by atoms with Crippen LogP contribution in [-0.2, 0) is 19.4 Å². The van der Waals surface area contributed by atoms with E-state index >= 15 is 0 Å². The maximum atomic E-state index is 12.7. The third kappa shape index (κ3) is 6.49. The Hall–Kier alpha value is -2.53. The largest absolute Gasteiger partial charge is 0.494 e. The standard InChI is InChI=1S/C19H26N4O5S2/c1-5-15(17(25)21-19-23-22-18(29-19)12(3)4)30(26,27)11-16(24)20-13-7-9-14(10-8-13)28-6-2/h7-10,12,15H,5-6,11H2,1-4H3,(H,20,24)(H,21,23,25). The highest BCUT2D eigenvalue weighted by Crippen LogP contribution is 2.23. The Morgan fingerprint density at radius 3 is 2.30 bits per heavy atom. The summed E-state index contributed by atoms with van der Waals surface area (Å²) in [4.78, 5) is 24.8. The summed E-state index contributed by atoms with van der Waals surface area (Å²) in [7, 11) is -4.03. The number of benzene rings is 1. The van der Waals surface area contributed by atoms with E-state index in [1.54, 1.807) is 31.2 Å². The van der Waals surface area contributed by atoms with Gasteiger partial charge in [0.2, 0.25) is 16.9 Å². The van der Waals surface area contributed by atoms with Crippen LogP contribution in [0.1, 0.15) is 45.0 Å². The fourth-order valence-corrected chi connectivity index (χ4v) is 4.87. The minimum Gasteiger partial charge on any atom is -0.494 e. The van der Waals surface area contributed by atoms with E-state index < -0.39 is 32.7 Å². The highest BCUT2D eigenvalue weighted by molar-refractivity contribution is 7.93. The van der Waals surface area contributed by atoms with E-state index in [1.165, 1.54) is 11.3 Å². The van der Waals surface area contributed by atoms with Gasteiger partial charge in [0.05, 0.1) is 6.61 Å². The topological polar surface area (TPSA) is 127 Å². The summed E-state index contributed by atoms with van der Waals surface area (Å²) in [5.74, 6) is -1.46. The zero-order valence-corrected chi connectivity index (χ0v) is 19.0. The number of anilines is 2. The summed E-state index contributed by atoms with van der Waals surface area (Å²) in [5, 5.41) is 12.4. The third-order valence-corrected chi connectivity index (χ3v) is 7.26. The highest BCUT2D eigenvalue weighted by Gasteiger charge is 2.33. The molecule has 164 valence electrons. The molecule has 0 radical (unpaired) electrons. The molecule has 0 spiro atoms. The zero-order valence-electron chi connectivity index (χ0n) is 17.3. The molecule has 2 aromatic rings. The van der Waals surface area contributed by atoms with E-state index in [4.69, 9.17) is 4.74 Å². The lowest BCUT2D eigenvalue weighted by atomic mass is 10.2. The van der Waals surface area contributed by atoms with Crippen LogP contribution in [0.4, 0.5) is 10.8 Å². The Balaban J connectivity index is 2.01. The molecule has 0 saturated heterocycles. The number of ether oxygens (including phenoxy) is 1. The lowest BCUT2D eigenvalue weighted by Gasteiger charge is -2.15. The first-order chi connectivity index (χ1) is 14.2. The summed E-state index contributed by atoms with van der Waals surface area (Å²) in [6.07, 6.45) is 0.0281. The van der Waals surface area contributed by atoms with E-state index in [0.717, 1.165) is 5.01 Å². The number of sulfone groups is 1. The first-order valence-electron chi connectivity index (χ1n) is 9.54. The Morgan fingerprint density at radius 2 is 1.77 bits per heavy atom. The molecule has 2 rings (SSSR count). The van der Waals surface area contributed by atoms with Gasteiger partial charge in [0, 0.05) is 11.6 Å². The van der Waals surface area contributed by atoms with E-state index in [9.17, 15) is 18.0 Å². The van der Waals surface area contributed by atoms with E-state index in [0.29, 0.717) is 18.0 Å². The van der Waals surface area contributed by atoms with Crippen molar-refractivity contribution in [1.82, 2.24) is 10.2 Å². The number of amides is 2. The number of carbonyl (C=O) groups is 2. The fraction of sp³-hybridized carbons (Fsp3) is 0.474. The normalized spacial score (nSPS) is 12.4. The van der Waals surface area contributed by atoms with Gasteiger partial charge in [-0.15, -0.1) is 10.2 Å². The molecule has 0 bridgehead atoms. The molecule has 9 nitrogen and oxygen atoms in total. The maximum Gasteiger partial charge on any atom is 0.244 e. The Morgan fingerprint density at radius 1 is 1.10 bits per heavy atom. The van der Waals surface area contributed by atoms with Crippen molar-refractivity contribution in [3.05, 3.63) is 29.3 Å². The first-order valence-corrected chi connectivity index (χ1v) is 12.1. The maximum absolute atomic E-state index is 12.7. The van der Waals surface area contributed by atoms with Gasteiger partial charge in [-0.1, -0.05) is 32.1 Å². The van der Waals surface area contributed by atoms with Crippen molar-refractivity contribution in [3.8, 4) is 5.75 Å². The van der Waals surface area contributed by atoms with Gasteiger partial charge in [0.1, 0.15) is 21.8 Å². The van der Waals surface area contributed by atoms with Gasteiger partial charge in [-0.2, -0.15) is 0 Å². The van der Waals surface area contributed by atoms with Crippen LogP contribution in [0.5, 0.6) is 5.75 Å². The predicted octanol–water partition coefficient (Wildman–Crippen LogP) is 2.83. The van der Waals surface area contributed by atoms with Gasteiger partial charge in [-0.05, 0) is 37.6 Å². The molecule has 0 aliphatic heterocycles. The number of carbonyl (C=O) groups excluding carboxylic acids is 2. The molecule has 0 saturated carbocycles. The summed E-state index contributed by atoms with van der Waals surface area (Å²) < 4.78 is 30.7. The number of nitrogens with zero attached hydrogens (tertiary/aromatic N) is 2. The van der Waals surface area contributed by atoms with E-state index in [1.807, 2.05) is 20.8 Å². The Kier molecular flexibility index (Phi) is 8.30. The molecular formula is C19H26N4O5S2. The monoisotopic (exact) mass is 454 g/mol. The Labute approximate surface area is 180 Å². The lowest BCUT2D eigenvalue weighted by Crippen LogP contribution is -2.39. The molecule has 11 heteroatoms. The van der Waals surface area contributed by atoms with E-state index in [2.05, 4.69) is 20.8 Å². The second-order valence-electron chi connectivity index (χ2n) is 6.80. The van der Waals surface area contributed by atoms with Crippen LogP contribution in [0.3, 0.4) is 0 Å². The van der Waals surface area contributed by atoms with Crippen molar-refractivity contribution < 1.29 is 22.7 Å². The van der Waals surface area contributed by atoms with Gasteiger partial charge in [0.15, 0.2) is 9.84 Å². The number of hydrogen-bond donors (Lipinski definition) is 2. The smallest absolute Gasteiger partial charge is 0.244 e. The van der Waals surface area contributed by atoms with Crippen LogP contribution in [0.15, 0.2) is 24.3 Å². The molecule has 1 aromatic heterocycles. The van der Waals surface area contributed by atoms with Gasteiger partial charge in [-0.3, -0.25) is 14.9 Å². The predicted molar refractivity (Wildman–Crippen MR) is 117 cm³/mol. The molecule has 1 unspecified atom stereocenters. The molecule has 0 fully saturated rings. The quantitative estimate of drug-likeness (QED) is 0.565. The van der Waals surface area contributed by atoms with Gasteiger partial charge < -0.3 is 10.1 Å². The summed E-state index contributed by atoms with van der Waals surface area (Å²) >= 11 is 1.19. The van der Waals surface area contributed by atoms with Crippen molar-refractivity contribution >= 4 is 43.8 Å². The van der Waals surface area contributed by atoms with Crippen molar-refractivity contribution in [2.24, 2.45) is 0 Å². The molecule has 0 aliphatic carbocycles. The molecule has 1 atom stereocenters. The van der Waals surface area contributed by atoms with Crippen LogP contribution in [0.2, 0.25) is 0 Å². The molecular weight excluding hydrogens is 428 g/mol. The van der Waals surface area contributed by atoms with Crippen molar-refractivity contribution in [1.29, 1.82) is 0 Å². The average molecular weight is 455 g/mol. The summed E-state index contributed by atoms with van der Waals surface area (Å²) in [5.41, 5.74) is 0.436. The number of hydrogen-bond acceptors (Lipinski definition) is 8. The highest BCUT2D eigenvalue weighted by atomic mass is 32.2. The van der Waals surface area contributed by atoms with Crippen LogP contribution < -0.4 is 15.4 Å². The van der Waals surface area contributed by atoms with Gasteiger partial charge >= 0.3 is 0 Å². The van der Waals surface area contributed by atoms with Crippen molar-refractivity contribution in [3.63, 3.8) is 0 Å². The van der Waals surface area contributed by atoms with Gasteiger partial charge in [0.25, 0.3) is 0 Å². The van der Waals surface area contributed by atoms with Crippen LogP contribution >= 0.6 is 11.3 Å². The van der Waals surface area contributed by atoms with E-state index in [-0.39, 0.29) is 17.5 Å². The molecule has 30 heavy (non-hydrogen) atoms. The second-order valence-corrected chi connectivity index (χ2v) is 9.99. The van der Waals surface area contributed by atoms with Crippen molar-refractivity contribution in [2.45, 2.75) is 45.3 Å². The van der Waals surface area contributed by atoms with Crippen LogP contribution in [-0.4, -0.2) is 48.0 Å². The number of nitrogens with one attached hydrogen (secondary N) is 2. The van der Waals surface area contributed by atoms with Crippen LogP contribution in [0, 0.1) is 0 Å². The SMILES string of the molecule is CCOc1ccc(NC(=O)CS(=O)(=O)C(CC)C(=O)Nc2nnc(C(C)C)s2)cc1. The lowest BCUT2D eigenvalue weighted by molar-refractivity contribution is -0.115. The summed E-state index contributed by atoms with van der Waals surface area (Å²) in [6, 6.07) is 6.56. The average Bonchev–Trinajstić information content (AvgIpc) is 3.12. The number of rotatable bonds is 10. The summed E-state index contributed by atoms with van der Waals surface area (Å²) in [6.45, 7) is 7.82. The Bertz CT molecular complexity index is 971. The molecule has 1 heterocycles. The van der Waals surface area contributed by atoms with Gasteiger partial charge in [-0.25, -0.2) is 8.42 Å². The fourth-order valence-electron chi connectivity index (χ4n) is 2.59. The first kappa shape index (κ1) is 23.7. The molecule has 0 aliphatic rings. The third-order valence-electron chi connectivity index (χ3n) is 4.04. The molecule has 1 aromatic carbocycles. The minimum absolute atomic E-state index is 0.0281. The van der Waals surface area contributed by atoms with Crippen LogP contribution in [0.25, 0.3) is 0 Å². The number of aromatic nitrogens is 2. The molecule has 2 amide bonds. The minimum atomic E-state index is -4.03. The molecule has 2 N–H and O–H groups in total. The zero-order chi connectivity index (χ0) is 22.3.